The maximum atomic E-state index is 15.5. The molecule has 14 nitrogen and oxygen atoms in total. The Bertz CT molecular complexity index is 2880. The van der Waals surface area contributed by atoms with Gasteiger partial charge >= 0.3 is 17.9 Å². The number of hydrogen-bond donors (Lipinski definition) is 0. The zero-order valence-electron chi connectivity index (χ0n) is 40.9. The van der Waals surface area contributed by atoms with E-state index in [1.54, 1.807) is 78.9 Å². The van der Waals surface area contributed by atoms with Gasteiger partial charge in [0.05, 0.1) is 49.7 Å². The summed E-state index contributed by atoms with van der Waals surface area (Å²) in [5.74, 6) is -6.02. The number of carbonyl (C=O) groups is 4. The molecule has 0 radical (unpaired) electrons. The van der Waals surface area contributed by atoms with E-state index in [2.05, 4.69) is 0 Å². The van der Waals surface area contributed by atoms with Crippen molar-refractivity contribution in [3.8, 4) is 0 Å². The average molecular weight is 1010 g/mol. The molecular formula is C61H56O14. The third kappa shape index (κ3) is 13.9. The van der Waals surface area contributed by atoms with Crippen LogP contribution in [0.2, 0.25) is 0 Å². The van der Waals surface area contributed by atoms with Crippen LogP contribution in [0.4, 0.5) is 0 Å². The smallest absolute Gasteiger partial charge is 0.338 e. The fourth-order valence-electron chi connectivity index (χ4n) is 8.65. The molecule has 14 heteroatoms. The summed E-state index contributed by atoms with van der Waals surface area (Å²) in [5.41, 5.74) is 3.93. The van der Waals surface area contributed by atoms with Gasteiger partial charge in [-0.2, -0.15) is 0 Å². The van der Waals surface area contributed by atoms with E-state index < -0.39 is 85.6 Å². The van der Waals surface area contributed by atoms with Crippen LogP contribution in [0, 0.1) is 0 Å². The Morgan fingerprint density at radius 3 is 1.31 bits per heavy atom. The van der Waals surface area contributed by atoms with Gasteiger partial charge in [-0.3, -0.25) is 4.79 Å². The van der Waals surface area contributed by atoms with Crippen LogP contribution in [0.3, 0.4) is 0 Å². The summed E-state index contributed by atoms with van der Waals surface area (Å²) in [6.07, 6.45) is -8.99. The molecule has 2 saturated heterocycles. The number of Topliss-reactive ketones (excluding diaryl/α,β-unsaturated/α-hetero) is 1. The highest BCUT2D eigenvalue weighted by molar-refractivity contribution is 5.97. The molecule has 0 aromatic heterocycles. The van der Waals surface area contributed by atoms with Crippen LogP contribution >= 0.6 is 0 Å². The van der Waals surface area contributed by atoms with Gasteiger partial charge in [0.25, 0.3) is 5.79 Å². The molecular weight excluding hydrogens is 957 g/mol. The second-order valence-corrected chi connectivity index (χ2v) is 17.8. The molecule has 2 heterocycles. The van der Waals surface area contributed by atoms with E-state index in [0.717, 1.165) is 22.3 Å². The summed E-state index contributed by atoms with van der Waals surface area (Å²) in [6.45, 7) is -1.09. The summed E-state index contributed by atoms with van der Waals surface area (Å²) in [7, 11) is 0. The zero-order chi connectivity index (χ0) is 51.7. The Labute approximate surface area is 434 Å². The minimum Gasteiger partial charge on any atom is -0.459 e. The highest BCUT2D eigenvalue weighted by Gasteiger charge is 2.62. The second-order valence-electron chi connectivity index (χ2n) is 17.8. The number of hydrogen-bond acceptors (Lipinski definition) is 14. The Hall–Kier alpha value is -7.66. The molecule has 2 fully saturated rings. The summed E-state index contributed by atoms with van der Waals surface area (Å²) in [5, 5.41) is 0. The lowest BCUT2D eigenvalue weighted by Crippen LogP contribution is -2.64. The van der Waals surface area contributed by atoms with E-state index in [0.29, 0.717) is 0 Å². The van der Waals surface area contributed by atoms with Crippen molar-refractivity contribution in [3.63, 3.8) is 0 Å². The molecule has 0 unspecified atom stereocenters. The van der Waals surface area contributed by atoms with Gasteiger partial charge in [-0.15, -0.1) is 0 Å². The third-order valence-electron chi connectivity index (χ3n) is 12.5. The van der Waals surface area contributed by atoms with Crippen LogP contribution in [0.25, 0.3) is 0 Å². The standard InChI is InChI=1S/C61H56O14/c62-56-53(73-59(65)49-34-20-7-21-35-49)51(41-70-57(63)47-30-16-5-17-31-47)74-61(56,42-71-58(64)48-32-18-6-19-33-48)75-60-55(69-39-46-28-14-4-15-29-46)54(68-38-45-26-12-3-13-27-45)52(67-37-44-24-10-2-11-25-44)50(72-60)40-66-36-43-22-8-1-9-23-43/h1-35,50-55,60H,36-42H2/t50-,51-,52+,53-,54+,55-,60-,61+/m1/s1. The van der Waals surface area contributed by atoms with E-state index >= 15 is 4.79 Å². The molecule has 384 valence electrons. The second kappa shape index (κ2) is 26.0. The van der Waals surface area contributed by atoms with Crippen LogP contribution in [0.15, 0.2) is 212 Å². The fraction of sp³-hybridized carbons (Fsp3) is 0.246. The lowest BCUT2D eigenvalue weighted by atomic mass is 9.97. The first-order valence-electron chi connectivity index (χ1n) is 24.7. The molecule has 8 atom stereocenters. The highest BCUT2D eigenvalue weighted by atomic mass is 16.8. The first-order valence-corrected chi connectivity index (χ1v) is 24.7. The number of esters is 3. The van der Waals surface area contributed by atoms with Crippen molar-refractivity contribution in [3.05, 3.63) is 251 Å². The number of benzene rings is 7. The van der Waals surface area contributed by atoms with Gasteiger partial charge in [-0.05, 0) is 58.7 Å². The first kappa shape index (κ1) is 52.2. The fourth-order valence-corrected chi connectivity index (χ4v) is 8.65. The largest absolute Gasteiger partial charge is 0.459 e. The van der Waals surface area contributed by atoms with Gasteiger partial charge in [0.15, 0.2) is 19.0 Å². The summed E-state index contributed by atoms with van der Waals surface area (Å²) in [6, 6.07) is 62.7. The zero-order valence-corrected chi connectivity index (χ0v) is 40.9. The Kier molecular flexibility index (Phi) is 18.1. The molecule has 0 amide bonds. The van der Waals surface area contributed by atoms with Gasteiger partial charge in [-0.25, -0.2) is 14.4 Å². The predicted octanol–water partition coefficient (Wildman–Crippen LogP) is 9.30. The molecule has 2 aliphatic rings. The molecule has 0 spiro atoms. The van der Waals surface area contributed by atoms with Crippen molar-refractivity contribution < 1.29 is 66.5 Å². The van der Waals surface area contributed by atoms with Crippen molar-refractivity contribution in [2.24, 2.45) is 0 Å². The van der Waals surface area contributed by atoms with E-state index in [1.165, 1.54) is 12.1 Å². The summed E-state index contributed by atoms with van der Waals surface area (Å²) < 4.78 is 65.2. The number of ketones is 1. The molecule has 0 aliphatic carbocycles. The molecule has 9 rings (SSSR count). The Morgan fingerprint density at radius 1 is 0.427 bits per heavy atom. The first-order chi connectivity index (χ1) is 36.8. The monoisotopic (exact) mass is 1010 g/mol. The molecule has 0 bridgehead atoms. The number of carbonyl (C=O) groups excluding carboxylic acids is 4. The number of ether oxygens (including phenoxy) is 10. The van der Waals surface area contributed by atoms with Gasteiger partial charge in [0.1, 0.15) is 37.1 Å². The molecule has 75 heavy (non-hydrogen) atoms. The SMILES string of the molecule is O=C(OC[C@H]1O[C@@](COC(=O)c2ccccc2)(O[C@H]2O[C@H](COCc3ccccc3)[C@H](OCc3ccccc3)[C@H](OCc3ccccc3)[C@H]2OCc2ccccc2)C(=O)[C@@H]1OC(=O)c1ccccc1)c1ccccc1. The van der Waals surface area contributed by atoms with Crippen LogP contribution in [0.1, 0.15) is 53.3 Å². The van der Waals surface area contributed by atoms with Crippen LogP contribution in [0.5, 0.6) is 0 Å². The van der Waals surface area contributed by atoms with Crippen molar-refractivity contribution in [1.29, 1.82) is 0 Å². The lowest BCUT2D eigenvalue weighted by molar-refractivity contribution is -0.375. The third-order valence-corrected chi connectivity index (χ3v) is 12.5. The summed E-state index contributed by atoms with van der Waals surface area (Å²) in [4.78, 5) is 56.7. The minimum atomic E-state index is -2.61. The van der Waals surface area contributed by atoms with E-state index in [9.17, 15) is 14.4 Å². The topological polar surface area (TPSA) is 161 Å². The van der Waals surface area contributed by atoms with Crippen molar-refractivity contribution >= 4 is 23.7 Å². The Morgan fingerprint density at radius 2 is 0.827 bits per heavy atom. The number of rotatable bonds is 23. The average Bonchev–Trinajstić information content (AvgIpc) is 3.73. The quantitative estimate of drug-likeness (QED) is 0.0441. The molecule has 0 saturated carbocycles. The maximum Gasteiger partial charge on any atom is 0.338 e. The van der Waals surface area contributed by atoms with E-state index in [-0.39, 0.29) is 49.7 Å². The van der Waals surface area contributed by atoms with Gasteiger partial charge in [0.2, 0.25) is 5.78 Å². The highest BCUT2D eigenvalue weighted by Crippen LogP contribution is 2.39. The molecule has 7 aromatic rings. The van der Waals surface area contributed by atoms with Gasteiger partial charge in [0, 0.05) is 0 Å². The summed E-state index contributed by atoms with van der Waals surface area (Å²) >= 11 is 0. The molecule has 7 aromatic carbocycles. The van der Waals surface area contributed by atoms with Crippen molar-refractivity contribution in [2.75, 3.05) is 19.8 Å². The lowest BCUT2D eigenvalue weighted by Gasteiger charge is -2.47. The van der Waals surface area contributed by atoms with Gasteiger partial charge < -0.3 is 47.4 Å². The normalized spacial score (nSPS) is 22.2. The van der Waals surface area contributed by atoms with Crippen LogP contribution in [-0.2, 0) is 78.6 Å². The van der Waals surface area contributed by atoms with E-state index in [1.807, 2.05) is 121 Å². The predicted molar refractivity (Wildman–Crippen MR) is 273 cm³/mol. The van der Waals surface area contributed by atoms with Crippen molar-refractivity contribution in [2.45, 2.75) is 75.1 Å². The molecule has 2 aliphatic heterocycles. The Balaban J connectivity index is 1.12. The van der Waals surface area contributed by atoms with Crippen LogP contribution in [-0.4, -0.2) is 92.2 Å². The maximum absolute atomic E-state index is 15.5. The molecule has 0 N–H and O–H groups in total. The van der Waals surface area contributed by atoms with E-state index in [4.69, 9.17) is 47.4 Å². The van der Waals surface area contributed by atoms with Gasteiger partial charge in [-0.1, -0.05) is 176 Å². The minimum absolute atomic E-state index is 0.0146. The van der Waals surface area contributed by atoms with Crippen LogP contribution < -0.4 is 0 Å². The van der Waals surface area contributed by atoms with Crippen molar-refractivity contribution in [1.82, 2.24) is 0 Å².